The summed E-state index contributed by atoms with van der Waals surface area (Å²) in [6.07, 6.45) is 0.113. The molecule has 0 aliphatic carbocycles. The number of nitrogens with one attached hydrogen (secondary N) is 1. The molecule has 0 spiro atoms. The van der Waals surface area contributed by atoms with Crippen molar-refractivity contribution in [3.05, 3.63) is 47.5 Å². The fourth-order valence-corrected chi connectivity index (χ4v) is 2.34. The van der Waals surface area contributed by atoms with Gasteiger partial charge in [0, 0.05) is 12.1 Å². The molecule has 1 heterocycles. The van der Waals surface area contributed by atoms with E-state index >= 15 is 0 Å². The van der Waals surface area contributed by atoms with Gasteiger partial charge in [-0.05, 0) is 25.1 Å². The number of aliphatic carboxylic acids is 1. The summed E-state index contributed by atoms with van der Waals surface area (Å²) >= 11 is 0. The Morgan fingerprint density at radius 1 is 1.29 bits per heavy atom. The Morgan fingerprint density at radius 3 is 2.46 bits per heavy atom. The highest BCUT2D eigenvalue weighted by molar-refractivity contribution is 6.22. The normalized spacial score (nSPS) is 15.7. The summed E-state index contributed by atoms with van der Waals surface area (Å²) in [7, 11) is 0. The second-order valence-corrected chi connectivity index (χ2v) is 5.30. The van der Waals surface area contributed by atoms with Crippen LogP contribution in [0.4, 0.5) is 0 Å². The van der Waals surface area contributed by atoms with Crippen molar-refractivity contribution in [1.29, 1.82) is 0 Å². The zero-order valence-electron chi connectivity index (χ0n) is 12.9. The minimum absolute atomic E-state index is 0.0160. The van der Waals surface area contributed by atoms with Crippen molar-refractivity contribution in [2.45, 2.75) is 19.1 Å². The number of benzene rings is 1. The van der Waals surface area contributed by atoms with E-state index in [4.69, 9.17) is 5.11 Å². The SMILES string of the molecule is C=CCN1C(=O)c2ccc(C(=O)N[C@H](C(=O)O)[C@@H](C)O)cc2C1=O. The fourth-order valence-electron chi connectivity index (χ4n) is 2.34. The van der Waals surface area contributed by atoms with Gasteiger partial charge < -0.3 is 15.5 Å². The quantitative estimate of drug-likeness (QED) is 0.499. The maximum absolute atomic E-state index is 12.2. The molecule has 2 rings (SSSR count). The molecule has 1 aromatic carbocycles. The highest BCUT2D eigenvalue weighted by Gasteiger charge is 2.35. The number of carboxylic acid groups (broad SMARTS) is 1. The highest BCUT2D eigenvalue weighted by atomic mass is 16.4. The Kier molecular flexibility index (Phi) is 4.79. The summed E-state index contributed by atoms with van der Waals surface area (Å²) in [5.74, 6) is -3.18. The van der Waals surface area contributed by atoms with Crippen molar-refractivity contribution in [3.8, 4) is 0 Å². The van der Waals surface area contributed by atoms with E-state index in [1.807, 2.05) is 0 Å². The molecule has 1 aliphatic rings. The molecule has 0 unspecified atom stereocenters. The van der Waals surface area contributed by atoms with Gasteiger partial charge in [-0.3, -0.25) is 19.3 Å². The lowest BCUT2D eigenvalue weighted by Gasteiger charge is -2.17. The Balaban J connectivity index is 2.28. The van der Waals surface area contributed by atoms with Crippen molar-refractivity contribution >= 4 is 23.7 Å². The lowest BCUT2D eigenvalue weighted by molar-refractivity contribution is -0.141. The van der Waals surface area contributed by atoms with Crippen LogP contribution >= 0.6 is 0 Å². The molecule has 0 fully saturated rings. The third-order valence-electron chi connectivity index (χ3n) is 3.58. The molecule has 1 aliphatic heterocycles. The molecular weight excluding hydrogens is 316 g/mol. The van der Waals surface area contributed by atoms with Gasteiger partial charge >= 0.3 is 5.97 Å². The van der Waals surface area contributed by atoms with E-state index in [0.717, 1.165) is 4.90 Å². The molecule has 24 heavy (non-hydrogen) atoms. The minimum atomic E-state index is -1.49. The first-order valence-corrected chi connectivity index (χ1v) is 7.10. The monoisotopic (exact) mass is 332 g/mol. The molecule has 126 valence electrons. The van der Waals surface area contributed by atoms with E-state index in [-0.39, 0.29) is 23.2 Å². The molecule has 0 aromatic heterocycles. The summed E-state index contributed by atoms with van der Waals surface area (Å²) in [5, 5.41) is 20.5. The van der Waals surface area contributed by atoms with Crippen LogP contribution in [0.15, 0.2) is 30.9 Å². The van der Waals surface area contributed by atoms with Crippen LogP contribution in [0.1, 0.15) is 38.0 Å². The molecule has 0 saturated carbocycles. The zero-order valence-corrected chi connectivity index (χ0v) is 12.9. The Bertz CT molecular complexity index is 740. The summed E-state index contributed by atoms with van der Waals surface area (Å²) < 4.78 is 0. The molecule has 0 radical (unpaired) electrons. The number of rotatable bonds is 6. The molecular formula is C16H16N2O6. The number of hydrogen-bond acceptors (Lipinski definition) is 5. The van der Waals surface area contributed by atoms with Gasteiger partial charge in [0.15, 0.2) is 6.04 Å². The van der Waals surface area contributed by atoms with E-state index < -0.39 is 35.8 Å². The molecule has 3 amide bonds. The van der Waals surface area contributed by atoms with Gasteiger partial charge in [-0.2, -0.15) is 0 Å². The number of nitrogens with zero attached hydrogens (tertiary/aromatic N) is 1. The molecule has 3 N–H and O–H groups in total. The van der Waals surface area contributed by atoms with E-state index in [9.17, 15) is 24.3 Å². The van der Waals surface area contributed by atoms with Gasteiger partial charge in [0.1, 0.15) is 0 Å². The molecule has 8 nitrogen and oxygen atoms in total. The number of fused-ring (bicyclic) bond motifs is 1. The average molecular weight is 332 g/mol. The van der Waals surface area contributed by atoms with Gasteiger partial charge in [-0.15, -0.1) is 6.58 Å². The predicted octanol–water partition coefficient (Wildman–Crippen LogP) is 0.0324. The number of aliphatic hydroxyl groups is 1. The topological polar surface area (TPSA) is 124 Å². The van der Waals surface area contributed by atoms with Crippen molar-refractivity contribution in [1.82, 2.24) is 10.2 Å². The van der Waals surface area contributed by atoms with Crippen LogP contribution in [0.2, 0.25) is 0 Å². The predicted molar refractivity (Wildman–Crippen MR) is 82.6 cm³/mol. The number of carboxylic acids is 1. The summed E-state index contributed by atoms with van der Waals surface area (Å²) in [5.41, 5.74) is 0.254. The van der Waals surface area contributed by atoms with Crippen molar-refractivity contribution in [2.24, 2.45) is 0 Å². The first-order valence-electron chi connectivity index (χ1n) is 7.10. The van der Waals surface area contributed by atoms with Crippen molar-refractivity contribution in [3.63, 3.8) is 0 Å². The third-order valence-corrected chi connectivity index (χ3v) is 3.58. The number of amides is 3. The Hall–Kier alpha value is -3.00. The molecule has 1 aromatic rings. The first-order chi connectivity index (χ1) is 11.3. The van der Waals surface area contributed by atoms with E-state index in [2.05, 4.69) is 11.9 Å². The Labute approximate surface area is 137 Å². The highest BCUT2D eigenvalue weighted by Crippen LogP contribution is 2.24. The van der Waals surface area contributed by atoms with Crippen LogP contribution in [0.5, 0.6) is 0 Å². The second kappa shape index (κ2) is 6.63. The van der Waals surface area contributed by atoms with Crippen molar-refractivity contribution < 1.29 is 29.4 Å². The smallest absolute Gasteiger partial charge is 0.328 e. The van der Waals surface area contributed by atoms with Gasteiger partial charge in [0.25, 0.3) is 17.7 Å². The van der Waals surface area contributed by atoms with Crippen LogP contribution < -0.4 is 5.32 Å². The molecule has 2 atom stereocenters. The van der Waals surface area contributed by atoms with Crippen molar-refractivity contribution in [2.75, 3.05) is 6.54 Å². The standard InChI is InChI=1S/C16H16N2O6/c1-3-6-18-14(21)10-5-4-9(7-11(10)15(18)22)13(20)17-12(8(2)19)16(23)24/h3-5,7-8,12,19H,1,6H2,2H3,(H,17,20)(H,23,24)/t8-,12+/m1/s1. The van der Waals surface area contributed by atoms with E-state index in [0.29, 0.717) is 0 Å². The third kappa shape index (κ3) is 3.04. The molecule has 0 saturated heterocycles. The van der Waals surface area contributed by atoms with Crippen LogP contribution in [-0.4, -0.2) is 57.5 Å². The van der Waals surface area contributed by atoms with Gasteiger partial charge in [0.05, 0.1) is 17.2 Å². The summed E-state index contributed by atoms with van der Waals surface area (Å²) in [4.78, 5) is 48.4. The maximum atomic E-state index is 12.2. The molecule has 0 bridgehead atoms. The van der Waals surface area contributed by atoms with Crippen LogP contribution in [0, 0.1) is 0 Å². The minimum Gasteiger partial charge on any atom is -0.480 e. The largest absolute Gasteiger partial charge is 0.480 e. The van der Waals surface area contributed by atoms with Crippen LogP contribution in [0.25, 0.3) is 0 Å². The fraction of sp³-hybridized carbons (Fsp3) is 0.250. The summed E-state index contributed by atoms with van der Waals surface area (Å²) in [6, 6.07) is 2.40. The first kappa shape index (κ1) is 17.4. The number of aliphatic hydroxyl groups excluding tert-OH is 1. The lowest BCUT2D eigenvalue weighted by Crippen LogP contribution is -2.47. The number of carbonyl (C=O) groups excluding carboxylic acids is 3. The van der Waals surface area contributed by atoms with E-state index in [1.165, 1.54) is 31.2 Å². The van der Waals surface area contributed by atoms with Crippen LogP contribution in [0.3, 0.4) is 0 Å². The second-order valence-electron chi connectivity index (χ2n) is 5.30. The average Bonchev–Trinajstić information content (AvgIpc) is 2.76. The number of hydrogen-bond donors (Lipinski definition) is 3. The van der Waals surface area contributed by atoms with Gasteiger partial charge in [0.2, 0.25) is 0 Å². The molecule has 8 heteroatoms. The van der Waals surface area contributed by atoms with Gasteiger partial charge in [-0.25, -0.2) is 4.79 Å². The number of carbonyl (C=O) groups is 4. The van der Waals surface area contributed by atoms with Crippen LogP contribution in [-0.2, 0) is 4.79 Å². The maximum Gasteiger partial charge on any atom is 0.328 e. The summed E-state index contributed by atoms with van der Waals surface area (Å²) in [6.45, 7) is 4.76. The lowest BCUT2D eigenvalue weighted by atomic mass is 10.0. The van der Waals surface area contributed by atoms with E-state index in [1.54, 1.807) is 0 Å². The van der Waals surface area contributed by atoms with Gasteiger partial charge in [-0.1, -0.05) is 6.08 Å². The zero-order chi connectivity index (χ0) is 18.0. The Morgan fingerprint density at radius 2 is 1.92 bits per heavy atom. The number of imide groups is 1.